The number of benzene rings is 1. The van der Waals surface area contributed by atoms with Gasteiger partial charge in [0, 0.05) is 36.6 Å². The molecule has 0 bridgehead atoms. The zero-order valence-corrected chi connectivity index (χ0v) is 12.4. The summed E-state index contributed by atoms with van der Waals surface area (Å²) in [6.07, 6.45) is 2.82. The van der Waals surface area contributed by atoms with E-state index in [0.717, 1.165) is 18.1 Å². The highest BCUT2D eigenvalue weighted by Crippen LogP contribution is 2.50. The van der Waals surface area contributed by atoms with Gasteiger partial charge in [-0.15, -0.1) is 0 Å². The monoisotopic (exact) mass is 307 g/mol. The van der Waals surface area contributed by atoms with Crippen LogP contribution in [-0.4, -0.2) is 22.5 Å². The molecule has 3 rings (SSSR count). The van der Waals surface area contributed by atoms with Crippen molar-refractivity contribution >= 4 is 5.91 Å². The quantitative estimate of drug-likeness (QED) is 0.929. The molecule has 0 saturated heterocycles. The maximum absolute atomic E-state index is 13.9. The molecule has 1 saturated carbocycles. The van der Waals surface area contributed by atoms with E-state index in [-0.39, 0.29) is 24.6 Å². The van der Waals surface area contributed by atoms with E-state index in [0.29, 0.717) is 31.4 Å². The minimum absolute atomic E-state index is 0.0989. The first-order chi connectivity index (χ1) is 10.4. The maximum Gasteiger partial charge on any atom is 0.223 e. The summed E-state index contributed by atoms with van der Waals surface area (Å²) in [6, 6.07) is 2.60. The Bertz CT molecular complexity index is 638. The van der Waals surface area contributed by atoms with Crippen molar-refractivity contribution in [3.05, 3.63) is 41.5 Å². The molecule has 1 fully saturated rings. The number of hydrogen-bond acceptors (Lipinski definition) is 2. The van der Waals surface area contributed by atoms with E-state index in [2.05, 4.69) is 6.58 Å². The van der Waals surface area contributed by atoms with Gasteiger partial charge in [0.1, 0.15) is 11.6 Å². The minimum atomic E-state index is -0.704. The van der Waals surface area contributed by atoms with Gasteiger partial charge in [-0.1, -0.05) is 13.0 Å². The smallest absolute Gasteiger partial charge is 0.223 e. The van der Waals surface area contributed by atoms with Crippen LogP contribution in [0.25, 0.3) is 0 Å². The second-order valence-corrected chi connectivity index (χ2v) is 6.35. The van der Waals surface area contributed by atoms with Crippen LogP contribution in [0.3, 0.4) is 0 Å². The highest BCUT2D eigenvalue weighted by Gasteiger charge is 2.43. The predicted octanol–water partition coefficient (Wildman–Crippen LogP) is 3.46. The van der Waals surface area contributed by atoms with Gasteiger partial charge in [0.25, 0.3) is 0 Å². The second kappa shape index (κ2) is 5.38. The van der Waals surface area contributed by atoms with Crippen LogP contribution in [0.15, 0.2) is 24.5 Å². The first-order valence-corrected chi connectivity index (χ1v) is 7.54. The number of hydrogen-bond donors (Lipinski definition) is 1. The lowest BCUT2D eigenvalue weighted by atomic mass is 9.65. The average molecular weight is 307 g/mol. The third kappa shape index (κ3) is 2.49. The van der Waals surface area contributed by atoms with Gasteiger partial charge in [0.2, 0.25) is 5.91 Å². The van der Waals surface area contributed by atoms with Gasteiger partial charge in [-0.3, -0.25) is 4.79 Å². The Balaban J connectivity index is 1.74. The molecule has 0 aromatic heterocycles. The number of phenols is 1. The molecule has 5 heteroatoms. The molecule has 2 aliphatic rings. The fraction of sp³-hybridized carbons (Fsp3) is 0.471. The number of nitrogens with zero attached hydrogens (tertiary/aromatic N) is 1. The van der Waals surface area contributed by atoms with Crippen molar-refractivity contribution in [1.82, 2.24) is 4.90 Å². The van der Waals surface area contributed by atoms with Crippen molar-refractivity contribution in [3.63, 3.8) is 0 Å². The Morgan fingerprint density at radius 2 is 2.14 bits per heavy atom. The van der Waals surface area contributed by atoms with Crippen LogP contribution >= 0.6 is 0 Å². The van der Waals surface area contributed by atoms with Crippen LogP contribution in [0.5, 0.6) is 5.75 Å². The number of aromatic hydroxyl groups is 1. The second-order valence-electron chi connectivity index (χ2n) is 6.35. The summed E-state index contributed by atoms with van der Waals surface area (Å²) < 4.78 is 27.6. The van der Waals surface area contributed by atoms with Gasteiger partial charge in [-0.2, -0.15) is 0 Å². The summed E-state index contributed by atoms with van der Waals surface area (Å²) in [6.45, 7) is 4.02. The highest BCUT2D eigenvalue weighted by molar-refractivity contribution is 5.78. The molecule has 1 amide bonds. The fourth-order valence-electron chi connectivity index (χ4n) is 3.36. The Morgan fingerprint density at radius 1 is 1.41 bits per heavy atom. The zero-order valence-electron chi connectivity index (χ0n) is 12.4. The Kier molecular flexibility index (Phi) is 3.67. The minimum Gasteiger partial charge on any atom is -0.508 e. The molecule has 3 nitrogen and oxygen atoms in total. The van der Waals surface area contributed by atoms with Crippen LogP contribution in [0.1, 0.15) is 36.8 Å². The number of phenolic OH excluding ortho intramolecular Hbond substituents is 1. The van der Waals surface area contributed by atoms with E-state index < -0.39 is 17.1 Å². The Morgan fingerprint density at radius 3 is 2.73 bits per heavy atom. The number of carbonyl (C=O) groups is 1. The molecule has 1 N–H and O–H groups in total. The van der Waals surface area contributed by atoms with Gasteiger partial charge in [-0.05, 0) is 30.9 Å². The Labute approximate surface area is 128 Å². The predicted molar refractivity (Wildman–Crippen MR) is 78.3 cm³/mol. The van der Waals surface area contributed by atoms with E-state index >= 15 is 0 Å². The standard InChI is InChI=1S/C17H19F2NO2/c1-11(18)17(4-2-5-17)9-16(22)20-6-3-12-7-13(21)8-15(19)14(12)10-20/h7-8,21H,1-6,9-10H2. The molecule has 1 aliphatic heterocycles. The van der Waals surface area contributed by atoms with Gasteiger partial charge in [0.15, 0.2) is 0 Å². The molecule has 0 atom stereocenters. The molecular weight excluding hydrogens is 288 g/mol. The van der Waals surface area contributed by atoms with Crippen molar-refractivity contribution in [1.29, 1.82) is 0 Å². The van der Waals surface area contributed by atoms with Gasteiger partial charge >= 0.3 is 0 Å². The van der Waals surface area contributed by atoms with Crippen molar-refractivity contribution in [3.8, 4) is 5.75 Å². The molecule has 118 valence electrons. The lowest BCUT2D eigenvalue weighted by Gasteiger charge is -2.41. The summed E-state index contributed by atoms with van der Waals surface area (Å²) in [4.78, 5) is 14.0. The molecule has 1 aliphatic carbocycles. The van der Waals surface area contributed by atoms with Crippen molar-refractivity contribution in [2.24, 2.45) is 5.41 Å². The molecule has 0 radical (unpaired) electrons. The van der Waals surface area contributed by atoms with E-state index in [9.17, 15) is 18.7 Å². The van der Waals surface area contributed by atoms with Gasteiger partial charge < -0.3 is 10.0 Å². The molecule has 1 aromatic rings. The third-order valence-corrected chi connectivity index (χ3v) is 5.00. The lowest BCUT2D eigenvalue weighted by molar-refractivity contribution is -0.135. The highest BCUT2D eigenvalue weighted by atomic mass is 19.1. The molecule has 1 heterocycles. The summed E-state index contributed by atoms with van der Waals surface area (Å²) in [5.74, 6) is -1.17. The average Bonchev–Trinajstić information content (AvgIpc) is 2.41. The molecule has 0 unspecified atom stereocenters. The van der Waals surface area contributed by atoms with E-state index in [1.54, 1.807) is 4.90 Å². The normalized spacial score (nSPS) is 19.3. The molecular formula is C17H19F2NO2. The SMILES string of the molecule is C=C(F)C1(CC(=O)N2CCc3cc(O)cc(F)c3C2)CCC1. The zero-order chi connectivity index (χ0) is 15.9. The molecule has 0 spiro atoms. The van der Waals surface area contributed by atoms with Crippen LogP contribution in [0, 0.1) is 11.2 Å². The summed E-state index contributed by atoms with van der Waals surface area (Å²) in [7, 11) is 0. The summed E-state index contributed by atoms with van der Waals surface area (Å²) >= 11 is 0. The van der Waals surface area contributed by atoms with Gasteiger partial charge in [-0.25, -0.2) is 8.78 Å². The number of allylic oxidation sites excluding steroid dienone is 1. The number of carbonyl (C=O) groups excluding carboxylic acids is 1. The van der Waals surface area contributed by atoms with E-state index in [1.807, 2.05) is 0 Å². The van der Waals surface area contributed by atoms with Crippen molar-refractivity contribution in [2.75, 3.05) is 6.54 Å². The first kappa shape index (κ1) is 15.0. The van der Waals surface area contributed by atoms with Crippen molar-refractivity contribution < 1.29 is 18.7 Å². The topological polar surface area (TPSA) is 40.5 Å². The number of amides is 1. The molecule has 22 heavy (non-hydrogen) atoms. The van der Waals surface area contributed by atoms with Crippen molar-refractivity contribution in [2.45, 2.75) is 38.6 Å². The first-order valence-electron chi connectivity index (χ1n) is 7.54. The van der Waals surface area contributed by atoms with Crippen LogP contribution in [0.4, 0.5) is 8.78 Å². The van der Waals surface area contributed by atoms with Crippen LogP contribution in [0.2, 0.25) is 0 Å². The lowest BCUT2D eigenvalue weighted by Crippen LogP contribution is -2.41. The van der Waals surface area contributed by atoms with Gasteiger partial charge in [0.05, 0.1) is 5.83 Å². The fourth-order valence-corrected chi connectivity index (χ4v) is 3.36. The third-order valence-electron chi connectivity index (χ3n) is 5.00. The molecule has 1 aromatic carbocycles. The van der Waals surface area contributed by atoms with Crippen LogP contribution < -0.4 is 0 Å². The summed E-state index contributed by atoms with van der Waals surface area (Å²) in [5, 5.41) is 9.43. The maximum atomic E-state index is 13.9. The number of fused-ring (bicyclic) bond motifs is 1. The van der Waals surface area contributed by atoms with E-state index in [4.69, 9.17) is 0 Å². The summed E-state index contributed by atoms with van der Waals surface area (Å²) in [5.41, 5.74) is 0.471. The Hall–Kier alpha value is -1.91. The number of rotatable bonds is 3. The van der Waals surface area contributed by atoms with E-state index in [1.165, 1.54) is 6.07 Å². The number of halogens is 2. The largest absolute Gasteiger partial charge is 0.508 e. The van der Waals surface area contributed by atoms with Crippen LogP contribution in [-0.2, 0) is 17.8 Å².